The molecule has 0 fully saturated rings. The summed E-state index contributed by atoms with van der Waals surface area (Å²) < 4.78 is 0. The largest absolute Gasteiger partial charge is 0.179 e. The van der Waals surface area contributed by atoms with Crippen molar-refractivity contribution in [3.05, 3.63) is 23.8 Å². The van der Waals surface area contributed by atoms with Crippen LogP contribution in [0.15, 0.2) is 23.8 Å². The second kappa shape index (κ2) is 3.94. The summed E-state index contributed by atoms with van der Waals surface area (Å²) in [6.07, 6.45) is 8.16. The lowest BCUT2D eigenvalue weighted by Gasteiger charge is -2.06. The highest BCUT2D eigenvalue weighted by atomic mass is 32.1. The normalized spacial score (nSPS) is 17.3. The molecule has 1 rings (SSSR count). The molecule has 0 amide bonds. The fourth-order valence-corrected chi connectivity index (χ4v) is 1.50. The van der Waals surface area contributed by atoms with E-state index in [9.17, 15) is 0 Å². The molecule has 1 aliphatic rings. The van der Waals surface area contributed by atoms with E-state index in [2.05, 4.69) is 18.7 Å². The van der Waals surface area contributed by atoms with Gasteiger partial charge < -0.3 is 0 Å². The van der Waals surface area contributed by atoms with Crippen molar-refractivity contribution in [2.75, 3.05) is 5.75 Å². The highest BCUT2D eigenvalue weighted by Crippen LogP contribution is 2.14. The van der Waals surface area contributed by atoms with Crippen LogP contribution in [0.4, 0.5) is 0 Å². The van der Waals surface area contributed by atoms with E-state index in [1.54, 1.807) is 0 Å². The predicted octanol–water partition coefficient (Wildman–Crippen LogP) is 2.56. The third kappa shape index (κ3) is 2.27. The fraction of sp³-hybridized carbons (Fsp3) is 0.375. The van der Waals surface area contributed by atoms with Crippen LogP contribution in [0, 0.1) is 0 Å². The highest BCUT2D eigenvalue weighted by Gasteiger charge is 2.01. The molecule has 0 atom stereocenters. The van der Waals surface area contributed by atoms with Gasteiger partial charge in [0.2, 0.25) is 0 Å². The molecule has 0 saturated heterocycles. The summed E-state index contributed by atoms with van der Waals surface area (Å²) in [4.78, 5) is 1.04. The molecule has 0 radical (unpaired) electrons. The van der Waals surface area contributed by atoms with Crippen molar-refractivity contribution >= 4 is 29.7 Å². The van der Waals surface area contributed by atoms with Gasteiger partial charge in [-0.15, -0.1) is 0 Å². The van der Waals surface area contributed by atoms with Gasteiger partial charge in [-0.25, -0.2) is 0 Å². The van der Waals surface area contributed by atoms with Crippen LogP contribution in [0.1, 0.15) is 12.8 Å². The van der Waals surface area contributed by atoms with Gasteiger partial charge in [-0.2, -0.15) is 12.6 Å². The van der Waals surface area contributed by atoms with Crippen molar-refractivity contribution in [1.29, 1.82) is 0 Å². The molecule has 0 aromatic heterocycles. The number of hydrogen-bond donors (Lipinski definition) is 1. The van der Waals surface area contributed by atoms with E-state index in [4.69, 9.17) is 12.2 Å². The Kier molecular flexibility index (Phi) is 3.16. The Balaban J connectivity index is 2.53. The number of rotatable bonds is 2. The molecule has 0 aromatic carbocycles. The van der Waals surface area contributed by atoms with Crippen LogP contribution in [0.25, 0.3) is 0 Å². The van der Waals surface area contributed by atoms with E-state index in [-0.39, 0.29) is 0 Å². The maximum atomic E-state index is 5.04. The van der Waals surface area contributed by atoms with Crippen molar-refractivity contribution in [1.82, 2.24) is 0 Å². The van der Waals surface area contributed by atoms with Gasteiger partial charge in [0.1, 0.15) is 0 Å². The maximum absolute atomic E-state index is 5.04. The summed E-state index contributed by atoms with van der Waals surface area (Å²) in [5, 5.41) is 0. The lowest BCUT2D eigenvalue weighted by molar-refractivity contribution is 1.07. The Morgan fingerprint density at radius 2 is 2.40 bits per heavy atom. The lowest BCUT2D eigenvalue weighted by atomic mass is 10.0. The molecule has 10 heavy (non-hydrogen) atoms. The molecule has 0 spiro atoms. The molecule has 0 nitrogen and oxygen atoms in total. The third-order valence-corrected chi connectivity index (χ3v) is 1.95. The minimum absolute atomic E-state index is 0.919. The van der Waals surface area contributed by atoms with Crippen LogP contribution in [0.3, 0.4) is 0 Å². The summed E-state index contributed by atoms with van der Waals surface area (Å²) in [6.45, 7) is 0. The highest BCUT2D eigenvalue weighted by molar-refractivity contribution is 7.80. The zero-order chi connectivity index (χ0) is 7.40. The number of thiol groups is 1. The summed E-state index contributed by atoms with van der Waals surface area (Å²) in [5.41, 5.74) is 1.41. The van der Waals surface area contributed by atoms with Gasteiger partial charge in [-0.05, 0) is 18.2 Å². The minimum Gasteiger partial charge on any atom is -0.179 e. The Hall–Kier alpha value is -0.0800. The number of hydrogen-bond acceptors (Lipinski definition) is 2. The molecule has 0 saturated carbocycles. The lowest BCUT2D eigenvalue weighted by Crippen LogP contribution is -1.97. The first kappa shape index (κ1) is 8.02. The second-order valence-electron chi connectivity index (χ2n) is 2.30. The fourth-order valence-electron chi connectivity index (χ4n) is 0.948. The molecule has 0 heterocycles. The smallest absolute Gasteiger partial charge is 0.0192 e. The SMILES string of the molecule is S=C1C=CC=C(CCS)C1. The molecule has 0 bridgehead atoms. The average Bonchev–Trinajstić information content (AvgIpc) is 1.88. The summed E-state index contributed by atoms with van der Waals surface area (Å²) in [7, 11) is 0. The minimum atomic E-state index is 0.919. The Bertz CT molecular complexity index is 189. The van der Waals surface area contributed by atoms with Crippen molar-refractivity contribution in [2.24, 2.45) is 0 Å². The van der Waals surface area contributed by atoms with Gasteiger partial charge in [-0.3, -0.25) is 0 Å². The summed E-state index contributed by atoms with van der Waals surface area (Å²) in [6, 6.07) is 0. The summed E-state index contributed by atoms with van der Waals surface area (Å²) >= 11 is 9.20. The molecule has 2 heteroatoms. The van der Waals surface area contributed by atoms with E-state index in [0.29, 0.717) is 0 Å². The molecule has 0 aliphatic heterocycles. The molecular weight excluding hydrogens is 160 g/mol. The summed E-state index contributed by atoms with van der Waals surface area (Å²) in [5.74, 6) is 0.919. The maximum Gasteiger partial charge on any atom is 0.0192 e. The molecule has 1 aliphatic carbocycles. The van der Waals surface area contributed by atoms with E-state index in [1.165, 1.54) is 5.57 Å². The van der Waals surface area contributed by atoms with Crippen molar-refractivity contribution in [3.63, 3.8) is 0 Å². The first-order valence-electron chi connectivity index (χ1n) is 3.33. The Morgan fingerprint density at radius 1 is 1.60 bits per heavy atom. The Morgan fingerprint density at radius 3 is 3.00 bits per heavy atom. The van der Waals surface area contributed by atoms with Gasteiger partial charge in [0.25, 0.3) is 0 Å². The molecule has 0 unspecified atom stereocenters. The van der Waals surface area contributed by atoms with E-state index in [0.717, 1.165) is 23.5 Å². The molecule has 0 N–H and O–H groups in total. The second-order valence-corrected chi connectivity index (χ2v) is 3.27. The molecule has 54 valence electrons. The van der Waals surface area contributed by atoms with Gasteiger partial charge in [0, 0.05) is 11.3 Å². The van der Waals surface area contributed by atoms with Crippen LogP contribution < -0.4 is 0 Å². The number of thiocarbonyl (C=S) groups is 1. The van der Waals surface area contributed by atoms with Crippen LogP contribution in [0.5, 0.6) is 0 Å². The van der Waals surface area contributed by atoms with Gasteiger partial charge in [-0.1, -0.05) is 29.9 Å². The van der Waals surface area contributed by atoms with Crippen LogP contribution in [0.2, 0.25) is 0 Å². The van der Waals surface area contributed by atoms with Crippen molar-refractivity contribution in [3.8, 4) is 0 Å². The first-order chi connectivity index (χ1) is 4.83. The predicted molar refractivity (Wildman–Crippen MR) is 52.9 cm³/mol. The standard InChI is InChI=1S/C8H10S2/c9-5-4-7-2-1-3-8(10)6-7/h1-3,9H,4-6H2. The van der Waals surface area contributed by atoms with Crippen LogP contribution in [-0.2, 0) is 0 Å². The van der Waals surface area contributed by atoms with E-state index >= 15 is 0 Å². The topological polar surface area (TPSA) is 0 Å². The van der Waals surface area contributed by atoms with Crippen LogP contribution >= 0.6 is 24.8 Å². The molecule has 0 aromatic rings. The van der Waals surface area contributed by atoms with Gasteiger partial charge in [0.05, 0.1) is 0 Å². The number of allylic oxidation sites excluding steroid dienone is 4. The third-order valence-electron chi connectivity index (χ3n) is 1.45. The molecular formula is C8H10S2. The van der Waals surface area contributed by atoms with E-state index in [1.807, 2.05) is 12.2 Å². The van der Waals surface area contributed by atoms with Crippen LogP contribution in [-0.4, -0.2) is 10.6 Å². The monoisotopic (exact) mass is 170 g/mol. The van der Waals surface area contributed by atoms with Gasteiger partial charge in [0.15, 0.2) is 0 Å². The van der Waals surface area contributed by atoms with Crippen molar-refractivity contribution < 1.29 is 0 Å². The Labute approximate surface area is 72.4 Å². The first-order valence-corrected chi connectivity index (χ1v) is 4.37. The van der Waals surface area contributed by atoms with Gasteiger partial charge >= 0.3 is 0 Å². The zero-order valence-electron chi connectivity index (χ0n) is 5.71. The quantitative estimate of drug-likeness (QED) is 0.491. The zero-order valence-corrected chi connectivity index (χ0v) is 7.42. The average molecular weight is 170 g/mol. The van der Waals surface area contributed by atoms with Crippen molar-refractivity contribution in [2.45, 2.75) is 12.8 Å². The van der Waals surface area contributed by atoms with E-state index < -0.39 is 0 Å².